The van der Waals surface area contributed by atoms with Gasteiger partial charge in [-0.05, 0) is 18.3 Å². The van der Waals surface area contributed by atoms with E-state index in [2.05, 4.69) is 27.7 Å². The fraction of sp³-hybridized carbons (Fsp3) is 0.727. The predicted octanol–water partition coefficient (Wildman–Crippen LogP) is 2.49. The van der Waals surface area contributed by atoms with Gasteiger partial charge < -0.3 is 5.73 Å². The lowest BCUT2D eigenvalue weighted by Gasteiger charge is -2.28. The first kappa shape index (κ1) is 12.2. The predicted molar refractivity (Wildman–Crippen MR) is 56.2 cm³/mol. The van der Waals surface area contributed by atoms with Crippen LogP contribution in [0.4, 0.5) is 0 Å². The van der Waals surface area contributed by atoms with Crippen molar-refractivity contribution in [1.29, 1.82) is 0 Å². The van der Waals surface area contributed by atoms with Crippen LogP contribution in [-0.2, 0) is 4.79 Å². The van der Waals surface area contributed by atoms with E-state index in [1.165, 1.54) is 0 Å². The molecule has 0 spiro atoms. The van der Waals surface area contributed by atoms with Crippen molar-refractivity contribution >= 4 is 5.91 Å². The number of hydrogen-bond donors (Lipinski definition) is 1. The minimum Gasteiger partial charge on any atom is -0.366 e. The van der Waals surface area contributed by atoms with E-state index in [1.54, 1.807) is 6.92 Å². The van der Waals surface area contributed by atoms with Crippen molar-refractivity contribution in [3.63, 3.8) is 0 Å². The second kappa shape index (κ2) is 4.45. The highest BCUT2D eigenvalue weighted by Gasteiger charge is 2.22. The Hall–Kier alpha value is -0.790. The third-order valence-electron chi connectivity index (χ3n) is 2.86. The van der Waals surface area contributed by atoms with Crippen molar-refractivity contribution in [2.24, 2.45) is 17.1 Å². The molecule has 0 fully saturated rings. The number of primary amides is 1. The van der Waals surface area contributed by atoms with Gasteiger partial charge in [-0.15, -0.1) is 0 Å². The van der Waals surface area contributed by atoms with E-state index < -0.39 is 0 Å². The monoisotopic (exact) mass is 183 g/mol. The number of hydrogen-bond acceptors (Lipinski definition) is 1. The summed E-state index contributed by atoms with van der Waals surface area (Å²) in [5.41, 5.74) is 5.88. The molecule has 2 nitrogen and oxygen atoms in total. The fourth-order valence-electron chi connectivity index (χ4n) is 1.30. The third kappa shape index (κ3) is 3.62. The molecule has 0 aromatic rings. The molecule has 0 aliphatic heterocycles. The van der Waals surface area contributed by atoms with Crippen LogP contribution >= 0.6 is 0 Å². The summed E-state index contributed by atoms with van der Waals surface area (Å²) in [5.74, 6) is 0.234. The van der Waals surface area contributed by atoms with Crippen LogP contribution in [0.15, 0.2) is 11.6 Å². The number of rotatable bonds is 4. The SMILES string of the molecule is CCC(C)C(C)(C)C=C(C)C(N)=O. The molecule has 0 rings (SSSR count). The van der Waals surface area contributed by atoms with Crippen LogP contribution in [0.25, 0.3) is 0 Å². The van der Waals surface area contributed by atoms with Gasteiger partial charge in [0.2, 0.25) is 5.91 Å². The summed E-state index contributed by atoms with van der Waals surface area (Å²) >= 11 is 0. The highest BCUT2D eigenvalue weighted by molar-refractivity contribution is 5.91. The number of amides is 1. The highest BCUT2D eigenvalue weighted by atomic mass is 16.1. The lowest BCUT2D eigenvalue weighted by Crippen LogP contribution is -2.21. The molecule has 0 saturated carbocycles. The molecule has 2 heteroatoms. The number of allylic oxidation sites excluding steroid dienone is 1. The Labute approximate surface area is 81.2 Å². The van der Waals surface area contributed by atoms with Crippen molar-refractivity contribution in [2.75, 3.05) is 0 Å². The topological polar surface area (TPSA) is 43.1 Å². The molecule has 0 radical (unpaired) electrons. The number of carbonyl (C=O) groups is 1. The Morgan fingerprint density at radius 3 is 2.31 bits per heavy atom. The maximum absolute atomic E-state index is 10.8. The zero-order valence-electron chi connectivity index (χ0n) is 9.35. The first-order valence-corrected chi connectivity index (χ1v) is 4.80. The fourth-order valence-corrected chi connectivity index (χ4v) is 1.30. The van der Waals surface area contributed by atoms with Crippen molar-refractivity contribution in [1.82, 2.24) is 0 Å². The quantitative estimate of drug-likeness (QED) is 0.668. The van der Waals surface area contributed by atoms with Crippen LogP contribution in [0.5, 0.6) is 0 Å². The van der Waals surface area contributed by atoms with Gasteiger partial charge in [-0.2, -0.15) is 0 Å². The zero-order chi connectivity index (χ0) is 10.6. The molecule has 0 aliphatic rings. The first-order chi connectivity index (χ1) is 5.81. The van der Waals surface area contributed by atoms with Gasteiger partial charge in [-0.25, -0.2) is 0 Å². The van der Waals surface area contributed by atoms with Crippen molar-refractivity contribution < 1.29 is 4.79 Å². The summed E-state index contributed by atoms with van der Waals surface area (Å²) in [6.07, 6.45) is 3.08. The van der Waals surface area contributed by atoms with Gasteiger partial charge in [0.15, 0.2) is 0 Å². The Bertz CT molecular complexity index is 216. The molecule has 0 heterocycles. The highest BCUT2D eigenvalue weighted by Crippen LogP contribution is 2.31. The molecular formula is C11H21NO. The van der Waals surface area contributed by atoms with Gasteiger partial charge in [0.05, 0.1) is 0 Å². The van der Waals surface area contributed by atoms with E-state index in [-0.39, 0.29) is 11.3 Å². The molecule has 0 aromatic carbocycles. The summed E-state index contributed by atoms with van der Waals surface area (Å²) in [6.45, 7) is 10.4. The Kier molecular flexibility index (Phi) is 4.18. The van der Waals surface area contributed by atoms with Gasteiger partial charge in [0, 0.05) is 5.57 Å². The average molecular weight is 183 g/mol. The first-order valence-electron chi connectivity index (χ1n) is 4.80. The molecule has 0 bridgehead atoms. The third-order valence-corrected chi connectivity index (χ3v) is 2.86. The van der Waals surface area contributed by atoms with E-state index in [0.717, 1.165) is 6.42 Å². The summed E-state index contributed by atoms with van der Waals surface area (Å²) < 4.78 is 0. The Balaban J connectivity index is 4.66. The molecular weight excluding hydrogens is 162 g/mol. The van der Waals surface area contributed by atoms with E-state index >= 15 is 0 Å². The second-order valence-electron chi connectivity index (χ2n) is 4.32. The molecule has 0 aromatic heterocycles. The average Bonchev–Trinajstić information content (AvgIpc) is 2.01. The number of carbonyl (C=O) groups excluding carboxylic acids is 1. The molecule has 2 N–H and O–H groups in total. The second-order valence-corrected chi connectivity index (χ2v) is 4.32. The summed E-state index contributed by atoms with van der Waals surface area (Å²) in [7, 11) is 0. The molecule has 0 saturated heterocycles. The van der Waals surface area contributed by atoms with Crippen LogP contribution in [0.2, 0.25) is 0 Å². The van der Waals surface area contributed by atoms with E-state index in [0.29, 0.717) is 11.5 Å². The molecule has 0 aliphatic carbocycles. The maximum Gasteiger partial charge on any atom is 0.244 e. The van der Waals surface area contributed by atoms with E-state index in [9.17, 15) is 4.79 Å². The zero-order valence-corrected chi connectivity index (χ0v) is 9.35. The van der Waals surface area contributed by atoms with E-state index in [1.807, 2.05) is 6.08 Å². The smallest absolute Gasteiger partial charge is 0.244 e. The minimum absolute atomic E-state index is 0.0495. The van der Waals surface area contributed by atoms with Gasteiger partial charge >= 0.3 is 0 Å². The molecule has 76 valence electrons. The van der Waals surface area contributed by atoms with Crippen LogP contribution in [-0.4, -0.2) is 5.91 Å². The van der Waals surface area contributed by atoms with Crippen LogP contribution in [0, 0.1) is 11.3 Å². The van der Waals surface area contributed by atoms with Gasteiger partial charge in [-0.1, -0.05) is 40.2 Å². The lowest BCUT2D eigenvalue weighted by atomic mass is 9.77. The molecule has 1 atom stereocenters. The molecule has 13 heavy (non-hydrogen) atoms. The Morgan fingerprint density at radius 2 is 2.00 bits per heavy atom. The Morgan fingerprint density at radius 1 is 1.54 bits per heavy atom. The summed E-state index contributed by atoms with van der Waals surface area (Å²) in [6, 6.07) is 0. The van der Waals surface area contributed by atoms with Crippen molar-refractivity contribution in [2.45, 2.75) is 41.0 Å². The van der Waals surface area contributed by atoms with E-state index in [4.69, 9.17) is 5.73 Å². The largest absolute Gasteiger partial charge is 0.366 e. The lowest BCUT2D eigenvalue weighted by molar-refractivity contribution is -0.114. The summed E-state index contributed by atoms with van der Waals surface area (Å²) in [5, 5.41) is 0. The van der Waals surface area contributed by atoms with Crippen LogP contribution in [0.3, 0.4) is 0 Å². The van der Waals surface area contributed by atoms with Gasteiger partial charge in [0.25, 0.3) is 0 Å². The number of nitrogens with two attached hydrogens (primary N) is 1. The van der Waals surface area contributed by atoms with Gasteiger partial charge in [-0.3, -0.25) is 4.79 Å². The van der Waals surface area contributed by atoms with Crippen LogP contribution < -0.4 is 5.73 Å². The van der Waals surface area contributed by atoms with Crippen molar-refractivity contribution in [3.8, 4) is 0 Å². The maximum atomic E-state index is 10.8. The molecule has 1 amide bonds. The normalized spacial score (nSPS) is 15.6. The van der Waals surface area contributed by atoms with Gasteiger partial charge in [0.1, 0.15) is 0 Å². The molecule has 1 unspecified atom stereocenters. The van der Waals surface area contributed by atoms with Crippen molar-refractivity contribution in [3.05, 3.63) is 11.6 Å². The van der Waals surface area contributed by atoms with Crippen LogP contribution in [0.1, 0.15) is 41.0 Å². The summed E-state index contributed by atoms with van der Waals surface area (Å²) in [4.78, 5) is 10.8. The standard InChI is InChI=1S/C11H21NO/c1-6-9(3)11(4,5)7-8(2)10(12)13/h7,9H,6H2,1-5H3,(H2,12,13). The minimum atomic E-state index is -0.323.